The van der Waals surface area contributed by atoms with Crippen LogP contribution in [0.3, 0.4) is 0 Å². The lowest BCUT2D eigenvalue weighted by atomic mass is 10.2. The first kappa shape index (κ1) is 17.1. The van der Waals surface area contributed by atoms with Crippen molar-refractivity contribution >= 4 is 41.0 Å². The fourth-order valence-corrected chi connectivity index (χ4v) is 2.51. The van der Waals surface area contributed by atoms with E-state index in [0.29, 0.717) is 10.7 Å². The molecule has 2 N–H and O–H groups in total. The molecule has 0 radical (unpaired) electrons. The molecule has 0 aliphatic rings. The van der Waals surface area contributed by atoms with Crippen molar-refractivity contribution in [3.05, 3.63) is 40.4 Å². The topological polar surface area (TPSA) is 83.5 Å². The van der Waals surface area contributed by atoms with Crippen molar-refractivity contribution in [3.8, 4) is 10.6 Å². The maximum Gasteiger partial charge on any atom is 0.329 e. The summed E-state index contributed by atoms with van der Waals surface area (Å²) in [6.45, 7) is 3.53. The van der Waals surface area contributed by atoms with Crippen molar-refractivity contribution in [1.29, 1.82) is 0 Å². The predicted octanol–water partition coefficient (Wildman–Crippen LogP) is 2.44. The number of carbonyl (C=O) groups is 2. The Labute approximate surface area is 142 Å². The molecule has 120 valence electrons. The molecule has 23 heavy (non-hydrogen) atoms. The molecule has 2 aromatic rings. The van der Waals surface area contributed by atoms with Gasteiger partial charge in [-0.25, -0.2) is 10.4 Å². The Bertz CT molecular complexity index is 725. The highest BCUT2D eigenvalue weighted by atomic mass is 35.5. The number of carbonyl (C=O) groups excluding carboxylic acids is 2. The predicted molar refractivity (Wildman–Crippen MR) is 91.6 cm³/mol. The third-order valence-corrected chi connectivity index (χ3v) is 3.76. The molecule has 2 rings (SSSR count). The number of aromatic nitrogens is 1. The minimum Gasteiger partial charge on any atom is -0.346 e. The van der Waals surface area contributed by atoms with Gasteiger partial charge >= 0.3 is 11.8 Å². The zero-order valence-electron chi connectivity index (χ0n) is 12.5. The quantitative estimate of drug-likeness (QED) is 0.504. The lowest BCUT2D eigenvalue weighted by molar-refractivity contribution is -0.139. The molecule has 0 saturated heterocycles. The van der Waals surface area contributed by atoms with Gasteiger partial charge < -0.3 is 5.32 Å². The van der Waals surface area contributed by atoms with Crippen LogP contribution >= 0.6 is 22.9 Å². The van der Waals surface area contributed by atoms with E-state index in [1.165, 1.54) is 17.6 Å². The van der Waals surface area contributed by atoms with E-state index in [4.69, 9.17) is 11.6 Å². The second-order valence-corrected chi connectivity index (χ2v) is 6.21. The number of nitrogens with one attached hydrogen (secondary N) is 2. The summed E-state index contributed by atoms with van der Waals surface area (Å²) < 4.78 is 0. The number of thiazole rings is 1. The zero-order valence-corrected chi connectivity index (χ0v) is 14.1. The summed E-state index contributed by atoms with van der Waals surface area (Å²) in [4.78, 5) is 27.2. The largest absolute Gasteiger partial charge is 0.346 e. The first-order chi connectivity index (χ1) is 11.0. The van der Waals surface area contributed by atoms with Gasteiger partial charge in [0.25, 0.3) is 0 Å². The number of benzene rings is 1. The van der Waals surface area contributed by atoms with Gasteiger partial charge in [-0.2, -0.15) is 5.10 Å². The van der Waals surface area contributed by atoms with Crippen LogP contribution < -0.4 is 10.7 Å². The number of nitrogens with zero attached hydrogens (tertiary/aromatic N) is 2. The monoisotopic (exact) mass is 350 g/mol. The van der Waals surface area contributed by atoms with Gasteiger partial charge in [-0.15, -0.1) is 11.3 Å². The molecule has 0 aliphatic heterocycles. The van der Waals surface area contributed by atoms with E-state index in [9.17, 15) is 9.59 Å². The third-order valence-electron chi connectivity index (χ3n) is 2.60. The highest BCUT2D eigenvalue weighted by Gasteiger charge is 2.13. The van der Waals surface area contributed by atoms with Crippen LogP contribution in [0.2, 0.25) is 5.02 Å². The lowest BCUT2D eigenvalue weighted by Gasteiger charge is -2.05. The average molecular weight is 351 g/mol. The maximum atomic E-state index is 11.5. The van der Waals surface area contributed by atoms with Crippen molar-refractivity contribution in [2.24, 2.45) is 5.10 Å². The van der Waals surface area contributed by atoms with Crippen LogP contribution in [0.4, 0.5) is 0 Å². The SMILES string of the molecule is CC(C)NC(=O)C(=O)N/N=C\c1csc(-c2ccc(Cl)cc2)n1. The normalized spacial score (nSPS) is 11.0. The summed E-state index contributed by atoms with van der Waals surface area (Å²) in [6, 6.07) is 7.22. The first-order valence-electron chi connectivity index (χ1n) is 6.81. The number of amides is 2. The number of hydrazone groups is 1. The molecule has 1 heterocycles. The second kappa shape index (κ2) is 7.85. The van der Waals surface area contributed by atoms with Gasteiger partial charge in [0.15, 0.2) is 0 Å². The lowest BCUT2D eigenvalue weighted by Crippen LogP contribution is -2.41. The summed E-state index contributed by atoms with van der Waals surface area (Å²) in [7, 11) is 0. The van der Waals surface area contributed by atoms with Gasteiger partial charge in [0, 0.05) is 22.0 Å². The second-order valence-electron chi connectivity index (χ2n) is 4.91. The Balaban J connectivity index is 1.95. The first-order valence-corrected chi connectivity index (χ1v) is 8.07. The Kier molecular flexibility index (Phi) is 5.84. The molecule has 0 fully saturated rings. The summed E-state index contributed by atoms with van der Waals surface area (Å²) >= 11 is 7.29. The van der Waals surface area contributed by atoms with Gasteiger partial charge in [-0.05, 0) is 26.0 Å². The zero-order chi connectivity index (χ0) is 16.8. The van der Waals surface area contributed by atoms with Crippen LogP contribution in [0.1, 0.15) is 19.5 Å². The van der Waals surface area contributed by atoms with Gasteiger partial charge in [0.1, 0.15) is 5.01 Å². The molecule has 0 bridgehead atoms. The molecule has 0 saturated carbocycles. The van der Waals surface area contributed by atoms with E-state index in [-0.39, 0.29) is 6.04 Å². The molecule has 0 atom stereocenters. The number of rotatable bonds is 4. The molecule has 6 nitrogen and oxygen atoms in total. The van der Waals surface area contributed by atoms with E-state index in [2.05, 4.69) is 20.8 Å². The van der Waals surface area contributed by atoms with Crippen molar-refractivity contribution in [3.63, 3.8) is 0 Å². The van der Waals surface area contributed by atoms with Crippen LogP contribution in [-0.2, 0) is 9.59 Å². The van der Waals surface area contributed by atoms with Crippen LogP contribution in [0.5, 0.6) is 0 Å². The van der Waals surface area contributed by atoms with Crippen molar-refractivity contribution < 1.29 is 9.59 Å². The number of halogens is 1. The van der Waals surface area contributed by atoms with Crippen LogP contribution in [-0.4, -0.2) is 29.1 Å². The molecule has 1 aromatic carbocycles. The molecule has 1 aromatic heterocycles. The average Bonchev–Trinajstić information content (AvgIpc) is 2.96. The van der Waals surface area contributed by atoms with Crippen LogP contribution in [0.15, 0.2) is 34.7 Å². The molecule has 2 amide bonds. The van der Waals surface area contributed by atoms with E-state index in [0.717, 1.165) is 10.6 Å². The van der Waals surface area contributed by atoms with E-state index >= 15 is 0 Å². The van der Waals surface area contributed by atoms with Crippen molar-refractivity contribution in [2.45, 2.75) is 19.9 Å². The van der Waals surface area contributed by atoms with Gasteiger partial charge in [0.2, 0.25) is 0 Å². The smallest absolute Gasteiger partial charge is 0.329 e. The van der Waals surface area contributed by atoms with E-state index in [1.807, 2.05) is 12.1 Å². The highest BCUT2D eigenvalue weighted by molar-refractivity contribution is 7.13. The van der Waals surface area contributed by atoms with Crippen LogP contribution in [0, 0.1) is 0 Å². The van der Waals surface area contributed by atoms with Crippen molar-refractivity contribution in [2.75, 3.05) is 0 Å². The van der Waals surface area contributed by atoms with Gasteiger partial charge in [-0.1, -0.05) is 23.7 Å². The molecule has 0 spiro atoms. The molecular formula is C15H15ClN4O2S. The fraction of sp³-hybridized carbons (Fsp3) is 0.200. The number of hydrogen-bond acceptors (Lipinski definition) is 5. The van der Waals surface area contributed by atoms with Gasteiger partial charge in [0.05, 0.1) is 11.9 Å². The Morgan fingerprint density at radius 1 is 1.26 bits per heavy atom. The third kappa shape index (κ3) is 5.15. The standard InChI is InChI=1S/C15H15ClN4O2S/c1-9(2)18-13(21)14(22)20-17-7-12-8-23-15(19-12)10-3-5-11(16)6-4-10/h3-9H,1-2H3,(H,18,21)(H,20,22)/b17-7-. The van der Waals surface area contributed by atoms with Crippen LogP contribution in [0.25, 0.3) is 10.6 Å². The van der Waals surface area contributed by atoms with E-state index in [1.54, 1.807) is 31.4 Å². The maximum absolute atomic E-state index is 11.5. The number of hydrogen-bond donors (Lipinski definition) is 2. The Morgan fingerprint density at radius 2 is 1.96 bits per heavy atom. The fourth-order valence-electron chi connectivity index (χ4n) is 1.61. The molecule has 8 heteroatoms. The summed E-state index contributed by atoms with van der Waals surface area (Å²) in [5, 5.41) is 9.47. The summed E-state index contributed by atoms with van der Waals surface area (Å²) in [6.07, 6.45) is 1.39. The highest BCUT2D eigenvalue weighted by Crippen LogP contribution is 2.24. The Hall–Kier alpha value is -2.25. The minimum absolute atomic E-state index is 0.113. The molecule has 0 unspecified atom stereocenters. The van der Waals surface area contributed by atoms with Gasteiger partial charge in [-0.3, -0.25) is 9.59 Å². The summed E-state index contributed by atoms with van der Waals surface area (Å²) in [5.74, 6) is -1.54. The van der Waals surface area contributed by atoms with Crippen molar-refractivity contribution in [1.82, 2.24) is 15.7 Å². The minimum atomic E-state index is -0.817. The molecule has 0 aliphatic carbocycles. The molecular weight excluding hydrogens is 336 g/mol. The Morgan fingerprint density at radius 3 is 2.61 bits per heavy atom. The van der Waals surface area contributed by atoms with E-state index < -0.39 is 11.8 Å². The summed E-state index contributed by atoms with van der Waals surface area (Å²) in [5.41, 5.74) is 3.69.